The first kappa shape index (κ1) is 11.8. The number of anilines is 1. The lowest BCUT2D eigenvalue weighted by Crippen LogP contribution is -2.30. The van der Waals surface area contributed by atoms with Crippen LogP contribution in [0.25, 0.3) is 11.0 Å². The first-order chi connectivity index (χ1) is 8.88. The SMILES string of the molecule is ClCCCC1CCCN1c1nc2ccccc2[nH]1. The molecule has 3 nitrogen and oxygen atoms in total. The molecule has 1 unspecified atom stereocenters. The van der Waals surface area contributed by atoms with E-state index in [1.807, 2.05) is 12.1 Å². The van der Waals surface area contributed by atoms with Crippen LogP contribution < -0.4 is 4.90 Å². The van der Waals surface area contributed by atoms with Gasteiger partial charge in [0.05, 0.1) is 11.0 Å². The van der Waals surface area contributed by atoms with Gasteiger partial charge in [-0.15, -0.1) is 11.6 Å². The first-order valence-corrected chi connectivity index (χ1v) is 7.19. The highest BCUT2D eigenvalue weighted by Crippen LogP contribution is 2.27. The predicted molar refractivity (Wildman–Crippen MR) is 76.4 cm³/mol. The van der Waals surface area contributed by atoms with Crippen molar-refractivity contribution in [1.29, 1.82) is 0 Å². The van der Waals surface area contributed by atoms with Crippen LogP contribution in [0.1, 0.15) is 25.7 Å². The number of aromatic amines is 1. The minimum Gasteiger partial charge on any atom is -0.339 e. The summed E-state index contributed by atoms with van der Waals surface area (Å²) in [6.07, 6.45) is 4.77. The molecule has 1 atom stereocenters. The maximum atomic E-state index is 5.80. The minimum absolute atomic E-state index is 0.601. The molecular formula is C14H18ClN3. The molecule has 1 aromatic carbocycles. The lowest BCUT2D eigenvalue weighted by atomic mass is 10.1. The van der Waals surface area contributed by atoms with E-state index in [-0.39, 0.29) is 0 Å². The number of hydrogen-bond donors (Lipinski definition) is 1. The monoisotopic (exact) mass is 263 g/mol. The third-order valence-electron chi connectivity index (χ3n) is 3.70. The first-order valence-electron chi connectivity index (χ1n) is 6.66. The fraction of sp³-hybridized carbons (Fsp3) is 0.500. The number of halogens is 1. The lowest BCUT2D eigenvalue weighted by molar-refractivity contribution is 0.596. The average Bonchev–Trinajstić information content (AvgIpc) is 3.01. The number of alkyl halides is 1. The van der Waals surface area contributed by atoms with E-state index < -0.39 is 0 Å². The van der Waals surface area contributed by atoms with Gasteiger partial charge in [-0.25, -0.2) is 4.98 Å². The number of rotatable bonds is 4. The number of imidazole rings is 1. The molecule has 0 aliphatic carbocycles. The van der Waals surface area contributed by atoms with E-state index in [0.717, 1.165) is 35.8 Å². The standard InChI is InChI=1S/C14H18ClN3/c15-9-3-5-11-6-4-10-18(11)14-16-12-7-1-2-8-13(12)17-14/h1-2,7-8,11H,3-6,9-10H2,(H,16,17). The molecule has 1 saturated heterocycles. The van der Waals surface area contributed by atoms with Gasteiger partial charge in [-0.2, -0.15) is 0 Å². The zero-order chi connectivity index (χ0) is 12.4. The molecule has 0 saturated carbocycles. The molecule has 1 fully saturated rings. The highest BCUT2D eigenvalue weighted by atomic mass is 35.5. The van der Waals surface area contributed by atoms with Crippen molar-refractivity contribution in [3.8, 4) is 0 Å². The Morgan fingerprint density at radius 3 is 3.11 bits per heavy atom. The fourth-order valence-corrected chi connectivity index (χ4v) is 2.96. The topological polar surface area (TPSA) is 31.9 Å². The summed E-state index contributed by atoms with van der Waals surface area (Å²) in [6.45, 7) is 1.10. The Hall–Kier alpha value is -1.22. The Kier molecular flexibility index (Phi) is 3.41. The molecule has 1 aliphatic rings. The number of hydrogen-bond acceptors (Lipinski definition) is 2. The van der Waals surface area contributed by atoms with Crippen molar-refractivity contribution < 1.29 is 0 Å². The summed E-state index contributed by atoms with van der Waals surface area (Å²) < 4.78 is 0. The van der Waals surface area contributed by atoms with Crippen LogP contribution in [0.5, 0.6) is 0 Å². The van der Waals surface area contributed by atoms with Crippen LogP contribution >= 0.6 is 11.6 Å². The van der Waals surface area contributed by atoms with Gasteiger partial charge in [-0.05, 0) is 37.8 Å². The molecule has 0 amide bonds. The number of para-hydroxylation sites is 2. The quantitative estimate of drug-likeness (QED) is 0.856. The molecule has 0 spiro atoms. The van der Waals surface area contributed by atoms with Crippen LogP contribution in [0.2, 0.25) is 0 Å². The molecule has 18 heavy (non-hydrogen) atoms. The summed E-state index contributed by atoms with van der Waals surface area (Å²) in [7, 11) is 0. The molecule has 2 heterocycles. The van der Waals surface area contributed by atoms with Gasteiger partial charge >= 0.3 is 0 Å². The second-order valence-electron chi connectivity index (χ2n) is 4.90. The smallest absolute Gasteiger partial charge is 0.204 e. The van der Waals surface area contributed by atoms with Gasteiger partial charge in [-0.1, -0.05) is 12.1 Å². The molecule has 1 N–H and O–H groups in total. The van der Waals surface area contributed by atoms with Crippen LogP contribution in [0.3, 0.4) is 0 Å². The number of fused-ring (bicyclic) bond motifs is 1. The number of aromatic nitrogens is 2. The van der Waals surface area contributed by atoms with Gasteiger partial charge in [0.15, 0.2) is 0 Å². The maximum absolute atomic E-state index is 5.80. The van der Waals surface area contributed by atoms with Gasteiger partial charge in [-0.3, -0.25) is 0 Å². The van der Waals surface area contributed by atoms with Gasteiger partial charge in [0.2, 0.25) is 5.95 Å². The molecule has 2 aromatic rings. The average molecular weight is 264 g/mol. The summed E-state index contributed by atoms with van der Waals surface area (Å²) >= 11 is 5.80. The van der Waals surface area contributed by atoms with E-state index in [2.05, 4.69) is 22.0 Å². The molecule has 1 aliphatic heterocycles. The zero-order valence-corrected chi connectivity index (χ0v) is 11.2. The zero-order valence-electron chi connectivity index (χ0n) is 10.4. The number of benzene rings is 1. The van der Waals surface area contributed by atoms with Gasteiger partial charge in [0, 0.05) is 18.5 Å². The number of nitrogens with zero attached hydrogens (tertiary/aromatic N) is 2. The molecule has 96 valence electrons. The summed E-state index contributed by atoms with van der Waals surface area (Å²) in [6, 6.07) is 8.81. The number of nitrogens with one attached hydrogen (secondary N) is 1. The van der Waals surface area contributed by atoms with Crippen LogP contribution in [0.4, 0.5) is 5.95 Å². The Balaban J connectivity index is 1.84. The van der Waals surface area contributed by atoms with Crippen molar-refractivity contribution in [2.24, 2.45) is 0 Å². The molecule has 3 rings (SSSR count). The van der Waals surface area contributed by atoms with Crippen molar-refractivity contribution in [2.45, 2.75) is 31.7 Å². The Morgan fingerprint density at radius 2 is 2.28 bits per heavy atom. The highest BCUT2D eigenvalue weighted by Gasteiger charge is 2.26. The molecule has 1 aromatic heterocycles. The lowest BCUT2D eigenvalue weighted by Gasteiger charge is -2.23. The summed E-state index contributed by atoms with van der Waals surface area (Å²) in [4.78, 5) is 10.5. The minimum atomic E-state index is 0.601. The van der Waals surface area contributed by atoms with Crippen LogP contribution in [-0.2, 0) is 0 Å². The van der Waals surface area contributed by atoms with Gasteiger partial charge < -0.3 is 9.88 Å². The Labute approximate surface area is 112 Å². The van der Waals surface area contributed by atoms with Crippen molar-refractivity contribution in [3.05, 3.63) is 24.3 Å². The van der Waals surface area contributed by atoms with Gasteiger partial charge in [0.1, 0.15) is 0 Å². The summed E-state index contributed by atoms with van der Waals surface area (Å²) in [5.74, 6) is 1.78. The summed E-state index contributed by atoms with van der Waals surface area (Å²) in [5.41, 5.74) is 2.17. The van der Waals surface area contributed by atoms with E-state index in [0.29, 0.717) is 6.04 Å². The highest BCUT2D eigenvalue weighted by molar-refractivity contribution is 6.17. The molecule has 0 bridgehead atoms. The van der Waals surface area contributed by atoms with E-state index in [1.165, 1.54) is 19.3 Å². The van der Waals surface area contributed by atoms with E-state index >= 15 is 0 Å². The van der Waals surface area contributed by atoms with Crippen LogP contribution in [0.15, 0.2) is 24.3 Å². The van der Waals surface area contributed by atoms with E-state index in [1.54, 1.807) is 0 Å². The van der Waals surface area contributed by atoms with Crippen LogP contribution in [-0.4, -0.2) is 28.4 Å². The normalized spacial score (nSPS) is 19.8. The molecule has 0 radical (unpaired) electrons. The fourth-order valence-electron chi connectivity index (χ4n) is 2.80. The summed E-state index contributed by atoms with van der Waals surface area (Å²) in [5, 5.41) is 0. The van der Waals surface area contributed by atoms with E-state index in [4.69, 9.17) is 16.6 Å². The number of H-pyrrole nitrogens is 1. The Bertz CT molecular complexity index is 489. The van der Waals surface area contributed by atoms with Crippen molar-refractivity contribution >= 4 is 28.6 Å². The molecule has 4 heteroatoms. The van der Waals surface area contributed by atoms with E-state index in [9.17, 15) is 0 Å². The third-order valence-corrected chi connectivity index (χ3v) is 3.96. The van der Waals surface area contributed by atoms with Crippen molar-refractivity contribution in [3.63, 3.8) is 0 Å². The predicted octanol–water partition coefficient (Wildman–Crippen LogP) is 3.55. The van der Waals surface area contributed by atoms with Crippen LogP contribution in [0, 0.1) is 0 Å². The molecular weight excluding hydrogens is 246 g/mol. The Morgan fingerprint density at radius 1 is 1.39 bits per heavy atom. The third kappa shape index (κ3) is 2.19. The van der Waals surface area contributed by atoms with Crippen molar-refractivity contribution in [2.75, 3.05) is 17.3 Å². The second-order valence-corrected chi connectivity index (χ2v) is 5.28. The van der Waals surface area contributed by atoms with Crippen molar-refractivity contribution in [1.82, 2.24) is 9.97 Å². The van der Waals surface area contributed by atoms with Gasteiger partial charge in [0.25, 0.3) is 0 Å². The largest absolute Gasteiger partial charge is 0.339 e. The maximum Gasteiger partial charge on any atom is 0.204 e. The second kappa shape index (κ2) is 5.19.